The van der Waals surface area contributed by atoms with Gasteiger partial charge in [-0.15, -0.1) is 11.6 Å². The second-order valence-electron chi connectivity index (χ2n) is 3.72. The van der Waals surface area contributed by atoms with Crippen molar-refractivity contribution in [2.75, 3.05) is 18.2 Å². The van der Waals surface area contributed by atoms with Gasteiger partial charge >= 0.3 is 5.69 Å². The average molecular weight is 308 g/mol. The molecule has 6 nitrogen and oxygen atoms in total. The van der Waals surface area contributed by atoms with E-state index >= 15 is 0 Å². The number of rotatable bonds is 7. The molecule has 0 saturated heterocycles. The first kappa shape index (κ1) is 15.7. The zero-order valence-corrected chi connectivity index (χ0v) is 11.9. The van der Waals surface area contributed by atoms with E-state index in [4.69, 9.17) is 16.3 Å². The van der Waals surface area contributed by atoms with Crippen LogP contribution in [0.2, 0.25) is 0 Å². The van der Waals surface area contributed by atoms with E-state index in [-0.39, 0.29) is 28.9 Å². The first-order chi connectivity index (χ1) is 8.94. The third-order valence-electron chi connectivity index (χ3n) is 2.29. The first-order valence-electron chi connectivity index (χ1n) is 5.63. The molecule has 8 heteroatoms. The highest BCUT2D eigenvalue weighted by atomic mass is 35.5. The average Bonchev–Trinajstić information content (AvgIpc) is 2.35. The Kier molecular flexibility index (Phi) is 5.56. The SMILES string of the molecule is CCCOc1cccc(S(=O)(=O)CCCl)c1[N+](=O)[O-]. The molecule has 0 unspecified atom stereocenters. The molecule has 0 aromatic heterocycles. The highest BCUT2D eigenvalue weighted by Crippen LogP contribution is 2.34. The van der Waals surface area contributed by atoms with Crippen LogP contribution in [0.4, 0.5) is 5.69 Å². The molecule has 0 aliphatic rings. The Bertz CT molecular complexity index is 558. The molecule has 0 aliphatic carbocycles. The van der Waals surface area contributed by atoms with Crippen molar-refractivity contribution >= 4 is 27.1 Å². The molecule has 0 saturated carbocycles. The summed E-state index contributed by atoms with van der Waals surface area (Å²) in [5, 5.41) is 11.1. The monoisotopic (exact) mass is 307 g/mol. The standard InChI is InChI=1S/C11H14ClNO5S/c1-2-7-18-9-4-3-5-10(11(9)13(14)15)19(16,17)8-6-12/h3-5H,2,6-8H2,1H3. The number of halogens is 1. The lowest BCUT2D eigenvalue weighted by Crippen LogP contribution is -2.11. The van der Waals surface area contributed by atoms with Gasteiger partial charge < -0.3 is 4.74 Å². The highest BCUT2D eigenvalue weighted by Gasteiger charge is 2.29. The Balaban J connectivity index is 3.36. The van der Waals surface area contributed by atoms with Gasteiger partial charge in [0.15, 0.2) is 15.6 Å². The molecule has 0 bridgehead atoms. The van der Waals surface area contributed by atoms with Gasteiger partial charge in [0.05, 0.1) is 17.3 Å². The lowest BCUT2D eigenvalue weighted by molar-refractivity contribution is -0.388. The Hall–Kier alpha value is -1.34. The maximum atomic E-state index is 11.9. The fourth-order valence-electron chi connectivity index (χ4n) is 1.47. The van der Waals surface area contributed by atoms with Crippen molar-refractivity contribution in [3.63, 3.8) is 0 Å². The molecule has 0 atom stereocenters. The van der Waals surface area contributed by atoms with E-state index in [1.165, 1.54) is 18.2 Å². The van der Waals surface area contributed by atoms with Crippen LogP contribution >= 0.6 is 11.6 Å². The maximum Gasteiger partial charge on any atom is 0.329 e. The summed E-state index contributed by atoms with van der Waals surface area (Å²) in [6.07, 6.45) is 0.663. The van der Waals surface area contributed by atoms with Crippen LogP contribution in [0.25, 0.3) is 0 Å². The summed E-state index contributed by atoms with van der Waals surface area (Å²) in [5.41, 5.74) is -0.527. The number of alkyl halides is 1. The zero-order chi connectivity index (χ0) is 14.5. The third-order valence-corrected chi connectivity index (χ3v) is 4.44. The van der Waals surface area contributed by atoms with Gasteiger partial charge in [0.2, 0.25) is 0 Å². The predicted octanol–water partition coefficient (Wildman–Crippen LogP) is 2.40. The Morgan fingerprint density at radius 3 is 2.63 bits per heavy atom. The number of hydrogen-bond acceptors (Lipinski definition) is 5. The smallest absolute Gasteiger partial charge is 0.329 e. The van der Waals surface area contributed by atoms with E-state index in [2.05, 4.69) is 0 Å². The van der Waals surface area contributed by atoms with Gasteiger partial charge in [-0.3, -0.25) is 10.1 Å². The van der Waals surface area contributed by atoms with Crippen LogP contribution in [0, 0.1) is 10.1 Å². The van der Waals surface area contributed by atoms with E-state index in [9.17, 15) is 18.5 Å². The Morgan fingerprint density at radius 1 is 1.42 bits per heavy atom. The van der Waals surface area contributed by atoms with Crippen molar-refractivity contribution in [3.05, 3.63) is 28.3 Å². The summed E-state index contributed by atoms with van der Waals surface area (Å²) in [7, 11) is -3.79. The van der Waals surface area contributed by atoms with E-state index in [0.717, 1.165) is 0 Å². The number of hydrogen-bond donors (Lipinski definition) is 0. The maximum absolute atomic E-state index is 11.9. The van der Waals surface area contributed by atoms with Crippen molar-refractivity contribution in [1.29, 1.82) is 0 Å². The van der Waals surface area contributed by atoms with Crippen LogP contribution in [-0.4, -0.2) is 31.6 Å². The van der Waals surface area contributed by atoms with Crippen molar-refractivity contribution in [2.45, 2.75) is 18.2 Å². The number of para-hydroxylation sites is 1. The minimum Gasteiger partial charge on any atom is -0.487 e. The van der Waals surface area contributed by atoms with Crippen LogP contribution in [0.15, 0.2) is 23.1 Å². The molecule has 1 rings (SSSR count). The zero-order valence-electron chi connectivity index (χ0n) is 10.3. The number of sulfone groups is 1. The van der Waals surface area contributed by atoms with Crippen LogP contribution in [0.3, 0.4) is 0 Å². The molecule has 1 aromatic carbocycles. The predicted molar refractivity (Wildman–Crippen MR) is 71.7 cm³/mol. The molecular formula is C11H14ClNO5S. The van der Waals surface area contributed by atoms with E-state index in [1.807, 2.05) is 6.92 Å². The van der Waals surface area contributed by atoms with Crippen molar-refractivity contribution in [3.8, 4) is 5.75 Å². The second-order valence-corrected chi connectivity index (χ2v) is 6.17. The summed E-state index contributed by atoms with van der Waals surface area (Å²) >= 11 is 5.41. The number of nitro groups is 1. The minimum atomic E-state index is -3.79. The largest absolute Gasteiger partial charge is 0.487 e. The van der Waals surface area contributed by atoms with E-state index in [1.54, 1.807) is 0 Å². The van der Waals surface area contributed by atoms with E-state index in [0.29, 0.717) is 6.42 Å². The fraction of sp³-hybridized carbons (Fsp3) is 0.455. The topological polar surface area (TPSA) is 86.5 Å². The fourth-order valence-corrected chi connectivity index (χ4v) is 3.26. The Labute approximate surface area is 116 Å². The van der Waals surface area contributed by atoms with Crippen LogP contribution < -0.4 is 4.74 Å². The summed E-state index contributed by atoms with van der Waals surface area (Å²) in [5.74, 6) is -0.519. The Morgan fingerprint density at radius 2 is 2.11 bits per heavy atom. The van der Waals surface area contributed by atoms with Crippen LogP contribution in [0.5, 0.6) is 5.75 Å². The highest BCUT2D eigenvalue weighted by molar-refractivity contribution is 7.91. The molecule has 0 aliphatic heterocycles. The third kappa shape index (κ3) is 3.81. The quantitative estimate of drug-likeness (QED) is 0.438. The molecule has 0 radical (unpaired) electrons. The summed E-state index contributed by atoms with van der Waals surface area (Å²) < 4.78 is 29.1. The lowest BCUT2D eigenvalue weighted by Gasteiger charge is -2.09. The summed E-state index contributed by atoms with van der Waals surface area (Å²) in [6.45, 7) is 2.12. The van der Waals surface area contributed by atoms with Crippen molar-refractivity contribution in [2.24, 2.45) is 0 Å². The van der Waals surface area contributed by atoms with Gasteiger partial charge in [-0.05, 0) is 18.6 Å². The van der Waals surface area contributed by atoms with Crippen LogP contribution in [-0.2, 0) is 9.84 Å². The van der Waals surface area contributed by atoms with Gasteiger partial charge in [-0.2, -0.15) is 0 Å². The molecular weight excluding hydrogens is 294 g/mol. The number of nitrogens with zero attached hydrogens (tertiary/aromatic N) is 1. The van der Waals surface area contributed by atoms with Gasteiger partial charge in [-0.25, -0.2) is 8.42 Å². The molecule has 0 heterocycles. The molecule has 19 heavy (non-hydrogen) atoms. The summed E-state index contributed by atoms with van der Waals surface area (Å²) in [4.78, 5) is 9.99. The summed E-state index contributed by atoms with van der Waals surface area (Å²) in [6, 6.07) is 3.99. The molecule has 0 amide bonds. The van der Waals surface area contributed by atoms with Crippen LogP contribution in [0.1, 0.15) is 13.3 Å². The number of benzene rings is 1. The molecule has 106 valence electrons. The second kappa shape index (κ2) is 6.72. The van der Waals surface area contributed by atoms with Gasteiger partial charge in [0.1, 0.15) is 4.90 Å². The van der Waals surface area contributed by atoms with Gasteiger partial charge in [0, 0.05) is 5.88 Å². The van der Waals surface area contributed by atoms with Gasteiger partial charge in [0.25, 0.3) is 0 Å². The van der Waals surface area contributed by atoms with Gasteiger partial charge in [-0.1, -0.05) is 13.0 Å². The molecule has 0 spiro atoms. The van der Waals surface area contributed by atoms with E-state index < -0.39 is 20.4 Å². The lowest BCUT2D eigenvalue weighted by atomic mass is 10.3. The molecule has 0 fully saturated rings. The van der Waals surface area contributed by atoms with Crippen molar-refractivity contribution < 1.29 is 18.1 Å². The van der Waals surface area contributed by atoms with Crippen molar-refractivity contribution in [1.82, 2.24) is 0 Å². The molecule has 1 aromatic rings. The molecule has 0 N–H and O–H groups in total. The number of ether oxygens (including phenoxy) is 1. The first-order valence-corrected chi connectivity index (χ1v) is 7.81. The minimum absolute atomic E-state index is 0.0394. The normalized spacial score (nSPS) is 11.3. The number of nitro benzene ring substituents is 1.